The van der Waals surface area contributed by atoms with E-state index in [-0.39, 0.29) is 5.56 Å². The minimum absolute atomic E-state index is 0.0492. The Morgan fingerprint density at radius 2 is 2.22 bits per heavy atom. The number of para-hydroxylation sites is 1. The van der Waals surface area contributed by atoms with Gasteiger partial charge in [0.25, 0.3) is 5.56 Å². The van der Waals surface area contributed by atoms with Crippen LogP contribution in [-0.4, -0.2) is 21.4 Å². The average Bonchev–Trinajstić information content (AvgIpc) is 3.03. The maximum absolute atomic E-state index is 12.2. The zero-order valence-electron chi connectivity index (χ0n) is 13.1. The Bertz CT molecular complexity index is 898. The van der Waals surface area contributed by atoms with E-state index in [1.807, 2.05) is 35.6 Å². The molecule has 3 heterocycles. The summed E-state index contributed by atoms with van der Waals surface area (Å²) >= 11 is 1.86. The van der Waals surface area contributed by atoms with E-state index in [1.165, 1.54) is 10.4 Å². The molecule has 0 radical (unpaired) electrons. The minimum Gasteiger partial charge on any atom is -0.309 e. The molecule has 1 aliphatic heterocycles. The largest absolute Gasteiger partial charge is 0.309 e. The van der Waals surface area contributed by atoms with E-state index in [1.54, 1.807) is 0 Å². The fraction of sp³-hybridized carbons (Fsp3) is 0.333. The molecule has 1 aliphatic rings. The molecule has 0 amide bonds. The van der Waals surface area contributed by atoms with Crippen molar-refractivity contribution in [1.29, 1.82) is 0 Å². The highest BCUT2D eigenvalue weighted by Gasteiger charge is 2.27. The van der Waals surface area contributed by atoms with Crippen LogP contribution in [-0.2, 0) is 13.0 Å². The number of aromatic amines is 1. The second-order valence-corrected chi connectivity index (χ2v) is 6.97. The predicted octanol–water partition coefficient (Wildman–Crippen LogP) is 3.49. The summed E-state index contributed by atoms with van der Waals surface area (Å²) < 4.78 is 0. The molecule has 0 saturated heterocycles. The Morgan fingerprint density at radius 1 is 1.35 bits per heavy atom. The normalized spacial score (nSPS) is 18.2. The summed E-state index contributed by atoms with van der Waals surface area (Å²) in [6.07, 6.45) is 2.16. The molecule has 0 saturated carbocycles. The third-order valence-electron chi connectivity index (χ3n) is 4.61. The van der Waals surface area contributed by atoms with Gasteiger partial charge in [0.05, 0.1) is 17.4 Å². The van der Waals surface area contributed by atoms with E-state index in [0.717, 1.165) is 30.7 Å². The number of hydrogen-bond donors (Lipinski definition) is 1. The third kappa shape index (κ3) is 2.60. The molecule has 4 rings (SSSR count). The van der Waals surface area contributed by atoms with Gasteiger partial charge >= 0.3 is 0 Å². The van der Waals surface area contributed by atoms with Gasteiger partial charge in [-0.1, -0.05) is 19.1 Å². The maximum Gasteiger partial charge on any atom is 0.258 e. The van der Waals surface area contributed by atoms with Crippen molar-refractivity contribution in [3.63, 3.8) is 0 Å². The standard InChI is InChI=1S/C18H19N3OS/c1-2-15-13-8-10-23-16(13)7-9-21(15)11-17-19-14-6-4-3-5-12(14)18(22)20-17/h3-6,8,10,15H,2,7,9,11H2,1H3,(H,19,20,22)/t15-/m1/s1. The second-order valence-electron chi connectivity index (χ2n) is 5.97. The first-order chi connectivity index (χ1) is 11.3. The Labute approximate surface area is 138 Å². The smallest absolute Gasteiger partial charge is 0.258 e. The van der Waals surface area contributed by atoms with Gasteiger partial charge in [-0.3, -0.25) is 9.69 Å². The molecule has 2 aromatic heterocycles. The second kappa shape index (κ2) is 5.91. The molecule has 0 spiro atoms. The van der Waals surface area contributed by atoms with Crippen molar-refractivity contribution in [2.75, 3.05) is 6.54 Å². The lowest BCUT2D eigenvalue weighted by atomic mass is 9.98. The van der Waals surface area contributed by atoms with Crippen molar-refractivity contribution >= 4 is 22.2 Å². The molecule has 0 aliphatic carbocycles. The molecule has 4 nitrogen and oxygen atoms in total. The molecule has 118 valence electrons. The van der Waals surface area contributed by atoms with E-state index in [2.05, 4.69) is 33.2 Å². The Morgan fingerprint density at radius 3 is 3.09 bits per heavy atom. The molecule has 0 fully saturated rings. The minimum atomic E-state index is -0.0492. The summed E-state index contributed by atoms with van der Waals surface area (Å²) in [5, 5.41) is 2.84. The number of rotatable bonds is 3. The third-order valence-corrected chi connectivity index (χ3v) is 5.60. The number of nitrogens with zero attached hydrogens (tertiary/aromatic N) is 2. The van der Waals surface area contributed by atoms with Crippen LogP contribution in [0.3, 0.4) is 0 Å². The fourth-order valence-electron chi connectivity index (χ4n) is 3.52. The zero-order chi connectivity index (χ0) is 15.8. The van der Waals surface area contributed by atoms with E-state index in [0.29, 0.717) is 18.0 Å². The first-order valence-electron chi connectivity index (χ1n) is 8.04. The Hall–Kier alpha value is -1.98. The molecule has 1 atom stereocenters. The van der Waals surface area contributed by atoms with Gasteiger partial charge in [-0.15, -0.1) is 11.3 Å². The average molecular weight is 325 g/mol. The summed E-state index contributed by atoms with van der Waals surface area (Å²) in [7, 11) is 0. The van der Waals surface area contributed by atoms with E-state index in [9.17, 15) is 4.79 Å². The van der Waals surface area contributed by atoms with Gasteiger partial charge < -0.3 is 4.98 Å². The van der Waals surface area contributed by atoms with Crippen LogP contribution in [0.4, 0.5) is 0 Å². The molecule has 0 bridgehead atoms. The lowest BCUT2D eigenvalue weighted by Crippen LogP contribution is -2.35. The lowest BCUT2D eigenvalue weighted by molar-refractivity contribution is 0.168. The molecule has 1 N–H and O–H groups in total. The molecular formula is C18H19N3OS. The van der Waals surface area contributed by atoms with Crippen LogP contribution in [0, 0.1) is 0 Å². The lowest BCUT2D eigenvalue weighted by Gasteiger charge is -2.35. The van der Waals surface area contributed by atoms with Crippen molar-refractivity contribution in [3.8, 4) is 0 Å². The van der Waals surface area contributed by atoms with Crippen LogP contribution >= 0.6 is 11.3 Å². The summed E-state index contributed by atoms with van der Waals surface area (Å²) in [5.41, 5.74) is 2.17. The van der Waals surface area contributed by atoms with Gasteiger partial charge in [0.1, 0.15) is 5.82 Å². The van der Waals surface area contributed by atoms with Crippen LogP contribution in [0.2, 0.25) is 0 Å². The van der Waals surface area contributed by atoms with Crippen molar-refractivity contribution < 1.29 is 0 Å². The first kappa shape index (κ1) is 14.6. The van der Waals surface area contributed by atoms with Crippen LogP contribution in [0.25, 0.3) is 10.9 Å². The SMILES string of the molecule is CC[C@@H]1c2ccsc2CCN1Cc1nc2ccccc2c(=O)[nH]1. The van der Waals surface area contributed by atoms with Gasteiger partial charge in [-0.2, -0.15) is 0 Å². The number of thiophene rings is 1. The van der Waals surface area contributed by atoms with Crippen molar-refractivity contribution in [3.05, 3.63) is 62.3 Å². The molecular weight excluding hydrogens is 306 g/mol. The molecule has 1 aromatic carbocycles. The number of fused-ring (bicyclic) bond motifs is 2. The molecule has 23 heavy (non-hydrogen) atoms. The molecule has 0 unspecified atom stereocenters. The highest BCUT2D eigenvalue weighted by atomic mass is 32.1. The summed E-state index contributed by atoms with van der Waals surface area (Å²) in [4.78, 5) is 23.8. The summed E-state index contributed by atoms with van der Waals surface area (Å²) in [5.74, 6) is 0.755. The van der Waals surface area contributed by atoms with Gasteiger partial charge in [0.15, 0.2) is 0 Å². The van der Waals surface area contributed by atoms with E-state index < -0.39 is 0 Å². The summed E-state index contributed by atoms with van der Waals surface area (Å²) in [6, 6.07) is 10.2. The number of hydrogen-bond acceptors (Lipinski definition) is 4. The number of nitrogens with one attached hydrogen (secondary N) is 1. The van der Waals surface area contributed by atoms with Gasteiger partial charge in [-0.05, 0) is 42.0 Å². The summed E-state index contributed by atoms with van der Waals surface area (Å²) in [6.45, 7) is 3.93. The van der Waals surface area contributed by atoms with Crippen LogP contribution < -0.4 is 5.56 Å². The van der Waals surface area contributed by atoms with Crippen LogP contribution in [0.15, 0.2) is 40.5 Å². The van der Waals surface area contributed by atoms with E-state index >= 15 is 0 Å². The van der Waals surface area contributed by atoms with Gasteiger partial charge in [0, 0.05) is 17.5 Å². The van der Waals surface area contributed by atoms with Crippen LogP contribution in [0.1, 0.15) is 35.7 Å². The fourth-order valence-corrected chi connectivity index (χ4v) is 4.45. The predicted molar refractivity (Wildman–Crippen MR) is 93.8 cm³/mol. The van der Waals surface area contributed by atoms with Crippen molar-refractivity contribution in [2.45, 2.75) is 32.4 Å². The van der Waals surface area contributed by atoms with Gasteiger partial charge in [-0.25, -0.2) is 4.98 Å². The molecule has 3 aromatic rings. The number of benzene rings is 1. The topological polar surface area (TPSA) is 49.0 Å². The number of H-pyrrole nitrogens is 1. The maximum atomic E-state index is 12.2. The highest BCUT2D eigenvalue weighted by molar-refractivity contribution is 7.10. The molecule has 5 heteroatoms. The monoisotopic (exact) mass is 325 g/mol. The van der Waals surface area contributed by atoms with Crippen LogP contribution in [0.5, 0.6) is 0 Å². The Balaban J connectivity index is 1.67. The quantitative estimate of drug-likeness (QED) is 0.802. The van der Waals surface area contributed by atoms with Crippen molar-refractivity contribution in [1.82, 2.24) is 14.9 Å². The van der Waals surface area contributed by atoms with E-state index in [4.69, 9.17) is 0 Å². The highest BCUT2D eigenvalue weighted by Crippen LogP contribution is 2.35. The van der Waals surface area contributed by atoms with Crippen molar-refractivity contribution in [2.24, 2.45) is 0 Å². The first-order valence-corrected chi connectivity index (χ1v) is 8.92. The number of aromatic nitrogens is 2. The van der Waals surface area contributed by atoms with Gasteiger partial charge in [0.2, 0.25) is 0 Å². The zero-order valence-corrected chi connectivity index (χ0v) is 13.9. The Kier molecular flexibility index (Phi) is 3.75.